The number of hydrogen-bond acceptors (Lipinski definition) is 3. The molecule has 6 heteroatoms. The number of thiophene rings is 1. The van der Waals surface area contributed by atoms with Crippen molar-refractivity contribution in [2.45, 2.75) is 4.83 Å². The first-order valence-electron chi connectivity index (χ1n) is 6.09. The van der Waals surface area contributed by atoms with Gasteiger partial charge in [0.1, 0.15) is 12.4 Å². The van der Waals surface area contributed by atoms with Gasteiger partial charge in [0, 0.05) is 4.88 Å². The summed E-state index contributed by atoms with van der Waals surface area (Å²) in [7, 11) is 0. The second-order valence-electron chi connectivity index (χ2n) is 4.36. The molecule has 20 heavy (non-hydrogen) atoms. The average Bonchev–Trinajstić information content (AvgIpc) is 2.80. The molecule has 0 fully saturated rings. The number of carbonyl (C=O) groups is 1. The second kappa shape index (κ2) is 5.76. The first kappa shape index (κ1) is 13.9. The Balaban J connectivity index is 1.97. The van der Waals surface area contributed by atoms with Crippen molar-refractivity contribution in [1.82, 2.24) is 5.32 Å². The van der Waals surface area contributed by atoms with E-state index in [9.17, 15) is 4.79 Å². The van der Waals surface area contributed by atoms with E-state index >= 15 is 0 Å². The maximum absolute atomic E-state index is 12.0. The molecule has 0 spiro atoms. The van der Waals surface area contributed by atoms with Gasteiger partial charge in [-0.05, 0) is 29.8 Å². The summed E-state index contributed by atoms with van der Waals surface area (Å²) in [6, 6.07) is 9.52. The van der Waals surface area contributed by atoms with Gasteiger partial charge in [0.15, 0.2) is 0 Å². The third-order valence-electron chi connectivity index (χ3n) is 3.03. The van der Waals surface area contributed by atoms with Crippen LogP contribution in [0.3, 0.4) is 0 Å². The number of fused-ring (bicyclic) bond motifs is 1. The maximum Gasteiger partial charge on any atom is 0.255 e. The van der Waals surface area contributed by atoms with Gasteiger partial charge in [-0.1, -0.05) is 33.6 Å². The van der Waals surface area contributed by atoms with Crippen LogP contribution in [0.25, 0.3) is 0 Å². The zero-order chi connectivity index (χ0) is 14.1. The van der Waals surface area contributed by atoms with E-state index in [4.69, 9.17) is 16.3 Å². The summed E-state index contributed by atoms with van der Waals surface area (Å²) in [5.74, 6) is 0.538. The van der Waals surface area contributed by atoms with Crippen LogP contribution in [0.1, 0.15) is 25.6 Å². The van der Waals surface area contributed by atoms with Gasteiger partial charge in [-0.15, -0.1) is 11.3 Å². The Labute approximate surface area is 134 Å². The molecule has 0 saturated heterocycles. The number of alkyl halides is 1. The molecule has 1 unspecified atom stereocenters. The topological polar surface area (TPSA) is 38.3 Å². The lowest BCUT2D eigenvalue weighted by molar-refractivity contribution is 0.0957. The summed E-state index contributed by atoms with van der Waals surface area (Å²) in [6.45, 7) is 1.03. The van der Waals surface area contributed by atoms with Gasteiger partial charge in [-0.2, -0.15) is 0 Å². The lowest BCUT2D eigenvalue weighted by atomic mass is 10.1. The van der Waals surface area contributed by atoms with Crippen LogP contribution in [-0.4, -0.2) is 19.1 Å². The van der Waals surface area contributed by atoms with Crippen LogP contribution in [0.4, 0.5) is 0 Å². The van der Waals surface area contributed by atoms with Crippen molar-refractivity contribution in [3.8, 4) is 5.75 Å². The van der Waals surface area contributed by atoms with Crippen molar-refractivity contribution in [3.63, 3.8) is 0 Å². The molecule has 0 radical (unpaired) electrons. The molecule has 2 heterocycles. The molecule has 0 bridgehead atoms. The lowest BCUT2D eigenvalue weighted by Crippen LogP contribution is -2.24. The van der Waals surface area contributed by atoms with Crippen LogP contribution in [-0.2, 0) is 0 Å². The van der Waals surface area contributed by atoms with E-state index in [1.54, 1.807) is 0 Å². The number of amides is 1. The summed E-state index contributed by atoms with van der Waals surface area (Å²) in [5.41, 5.74) is 1.58. The maximum atomic E-state index is 12.0. The molecule has 1 aromatic carbocycles. The normalized spacial score (nSPS) is 15.8. The summed E-state index contributed by atoms with van der Waals surface area (Å²) in [6.07, 6.45) is 0. The Bertz CT molecular complexity index is 658. The predicted molar refractivity (Wildman–Crippen MR) is 84.4 cm³/mol. The van der Waals surface area contributed by atoms with Crippen molar-refractivity contribution in [1.29, 1.82) is 0 Å². The molecule has 0 aliphatic carbocycles. The minimum absolute atomic E-state index is 0.0151. The number of rotatable bonds is 2. The SMILES string of the molecule is O=C1NCCOc2ccc(C(Br)c3ccc(Cl)s3)cc21. The number of carbonyl (C=O) groups excluding carboxylic acids is 1. The second-order valence-corrected chi connectivity index (χ2v) is 7.03. The number of ether oxygens (including phenoxy) is 1. The highest BCUT2D eigenvalue weighted by atomic mass is 79.9. The Morgan fingerprint density at radius 1 is 1.35 bits per heavy atom. The van der Waals surface area contributed by atoms with Gasteiger partial charge in [-0.25, -0.2) is 0 Å². The van der Waals surface area contributed by atoms with E-state index in [2.05, 4.69) is 21.2 Å². The number of hydrogen-bond donors (Lipinski definition) is 1. The lowest BCUT2D eigenvalue weighted by Gasteiger charge is -2.11. The van der Waals surface area contributed by atoms with Crippen molar-refractivity contribution in [3.05, 3.63) is 50.7 Å². The molecule has 1 aliphatic rings. The molecule has 3 rings (SSSR count). The average molecular weight is 373 g/mol. The predicted octanol–water partition coefficient (Wildman–Crippen LogP) is 4.01. The first-order valence-corrected chi connectivity index (χ1v) is 8.20. The van der Waals surface area contributed by atoms with E-state index in [0.29, 0.717) is 24.5 Å². The molecule has 1 aromatic heterocycles. The minimum Gasteiger partial charge on any atom is -0.491 e. The van der Waals surface area contributed by atoms with Crippen molar-refractivity contribution < 1.29 is 9.53 Å². The van der Waals surface area contributed by atoms with E-state index < -0.39 is 0 Å². The van der Waals surface area contributed by atoms with Crippen LogP contribution in [0.2, 0.25) is 4.34 Å². The number of benzene rings is 1. The van der Waals surface area contributed by atoms with Gasteiger partial charge in [0.25, 0.3) is 5.91 Å². The monoisotopic (exact) mass is 371 g/mol. The van der Waals surface area contributed by atoms with E-state index in [1.165, 1.54) is 11.3 Å². The highest BCUT2D eigenvalue weighted by molar-refractivity contribution is 9.09. The van der Waals surface area contributed by atoms with Crippen LogP contribution in [0.5, 0.6) is 5.75 Å². The molecule has 1 atom stereocenters. The fourth-order valence-corrected chi connectivity index (χ4v) is 3.84. The number of nitrogens with one attached hydrogen (secondary N) is 1. The fourth-order valence-electron chi connectivity index (χ4n) is 2.06. The minimum atomic E-state index is -0.0942. The molecular weight excluding hydrogens is 362 g/mol. The molecule has 3 nitrogen and oxygen atoms in total. The van der Waals surface area contributed by atoms with Gasteiger partial charge >= 0.3 is 0 Å². The van der Waals surface area contributed by atoms with Crippen molar-refractivity contribution >= 4 is 44.8 Å². The third-order valence-corrected chi connectivity index (χ3v) is 5.65. The van der Waals surface area contributed by atoms with Gasteiger partial charge in [-0.3, -0.25) is 4.79 Å². The zero-order valence-corrected chi connectivity index (χ0v) is 13.5. The quantitative estimate of drug-likeness (QED) is 0.809. The van der Waals surface area contributed by atoms with Crippen LogP contribution in [0, 0.1) is 0 Å². The molecule has 0 saturated carbocycles. The van der Waals surface area contributed by atoms with Crippen molar-refractivity contribution in [2.75, 3.05) is 13.2 Å². The summed E-state index contributed by atoms with van der Waals surface area (Å²) in [4.78, 5) is 13.1. The molecule has 104 valence electrons. The fraction of sp³-hybridized carbons (Fsp3) is 0.214. The summed E-state index contributed by atoms with van der Waals surface area (Å²) < 4.78 is 6.30. The Morgan fingerprint density at radius 2 is 2.20 bits per heavy atom. The Kier molecular flexibility index (Phi) is 4.01. The smallest absolute Gasteiger partial charge is 0.255 e. The third kappa shape index (κ3) is 2.71. The van der Waals surface area contributed by atoms with Gasteiger partial charge in [0.05, 0.1) is 21.3 Å². The molecule has 1 amide bonds. The van der Waals surface area contributed by atoms with Crippen molar-refractivity contribution in [2.24, 2.45) is 0 Å². The summed E-state index contributed by atoms with van der Waals surface area (Å²) >= 11 is 11.1. The largest absolute Gasteiger partial charge is 0.491 e. The Morgan fingerprint density at radius 3 is 2.95 bits per heavy atom. The molecular formula is C14H11BrClNO2S. The van der Waals surface area contributed by atoms with Crippen LogP contribution in [0.15, 0.2) is 30.3 Å². The van der Waals surface area contributed by atoms with Gasteiger partial charge in [0.2, 0.25) is 0 Å². The standard InChI is InChI=1S/C14H11BrClNO2S/c15-13(11-3-4-12(16)20-11)8-1-2-10-9(7-8)14(18)17-5-6-19-10/h1-4,7,13H,5-6H2,(H,17,18). The molecule has 2 aromatic rings. The molecule has 1 aliphatic heterocycles. The van der Waals surface area contributed by atoms with E-state index in [0.717, 1.165) is 14.8 Å². The first-order chi connectivity index (χ1) is 9.65. The summed E-state index contributed by atoms with van der Waals surface area (Å²) in [5, 5.41) is 2.81. The highest BCUT2D eigenvalue weighted by Crippen LogP contribution is 2.38. The highest BCUT2D eigenvalue weighted by Gasteiger charge is 2.20. The van der Waals surface area contributed by atoms with Crippen LogP contribution < -0.4 is 10.1 Å². The Hall–Kier alpha value is -1.04. The number of halogens is 2. The van der Waals surface area contributed by atoms with E-state index in [-0.39, 0.29) is 10.7 Å². The van der Waals surface area contributed by atoms with Crippen LogP contribution >= 0.6 is 38.9 Å². The van der Waals surface area contributed by atoms with E-state index in [1.807, 2.05) is 30.3 Å². The molecule has 1 N–H and O–H groups in total. The van der Waals surface area contributed by atoms with Gasteiger partial charge < -0.3 is 10.1 Å². The zero-order valence-electron chi connectivity index (χ0n) is 10.4.